The maximum absolute atomic E-state index is 4.42. The van der Waals surface area contributed by atoms with Crippen molar-refractivity contribution in [3.05, 3.63) is 60.3 Å². The van der Waals surface area contributed by atoms with E-state index in [0.717, 1.165) is 28.0 Å². The van der Waals surface area contributed by atoms with Gasteiger partial charge in [0.25, 0.3) is 0 Å². The van der Waals surface area contributed by atoms with Gasteiger partial charge in [0.2, 0.25) is 0 Å². The molecule has 0 saturated carbocycles. The molecule has 2 aliphatic heterocycles. The summed E-state index contributed by atoms with van der Waals surface area (Å²) in [6.45, 7) is 0. The van der Waals surface area contributed by atoms with Crippen LogP contribution in [0.25, 0.3) is 28.0 Å². The normalized spacial score (nSPS) is 24.1. The summed E-state index contributed by atoms with van der Waals surface area (Å²) in [6.07, 6.45) is 7.14. The summed E-state index contributed by atoms with van der Waals surface area (Å²) in [7, 11) is 0. The molecule has 2 aliphatic rings. The van der Waals surface area contributed by atoms with Crippen LogP contribution in [0.3, 0.4) is 0 Å². The van der Waals surface area contributed by atoms with Gasteiger partial charge in [0, 0.05) is 17.5 Å². The largest absolute Gasteiger partial charge is 0.311 e. The van der Waals surface area contributed by atoms with E-state index < -0.39 is 0 Å². The van der Waals surface area contributed by atoms with Crippen molar-refractivity contribution in [2.24, 2.45) is 0 Å². The minimum atomic E-state index is 0.675. The molecule has 0 spiro atoms. The van der Waals surface area contributed by atoms with Crippen LogP contribution < -0.4 is 5.32 Å². The molecule has 3 atom stereocenters. The Morgan fingerprint density at radius 3 is 2.54 bits per heavy atom. The van der Waals surface area contributed by atoms with Crippen molar-refractivity contribution in [2.75, 3.05) is 0 Å². The number of aromatic amines is 1. The topological polar surface area (TPSA) is 71.4 Å². The highest BCUT2D eigenvalue weighted by atomic mass is 15.4. The second kappa shape index (κ2) is 6.27. The molecule has 28 heavy (non-hydrogen) atoms. The number of aromatic nitrogens is 5. The Kier molecular flexibility index (Phi) is 3.59. The minimum Gasteiger partial charge on any atom is -0.311 e. The van der Waals surface area contributed by atoms with Gasteiger partial charge in [-0.05, 0) is 55.4 Å². The van der Waals surface area contributed by atoms with Crippen LogP contribution in [0, 0.1) is 0 Å². The molecule has 6 heteroatoms. The van der Waals surface area contributed by atoms with Crippen LogP contribution in [0.15, 0.2) is 54.7 Å². The maximum Gasteiger partial charge on any atom is 0.134 e. The Balaban J connectivity index is 1.27. The molecule has 2 bridgehead atoms. The monoisotopic (exact) mass is 370 g/mol. The molecular weight excluding hydrogens is 348 g/mol. The highest BCUT2D eigenvalue weighted by Crippen LogP contribution is 2.37. The molecule has 0 aliphatic carbocycles. The van der Waals surface area contributed by atoms with Crippen molar-refractivity contribution >= 4 is 10.9 Å². The van der Waals surface area contributed by atoms with Crippen LogP contribution in [0.5, 0.6) is 0 Å². The summed E-state index contributed by atoms with van der Waals surface area (Å²) >= 11 is 0. The van der Waals surface area contributed by atoms with Crippen molar-refractivity contribution in [1.82, 2.24) is 30.5 Å². The smallest absolute Gasteiger partial charge is 0.134 e. The van der Waals surface area contributed by atoms with E-state index in [-0.39, 0.29) is 0 Å². The molecule has 6 nitrogen and oxygen atoms in total. The molecule has 0 radical (unpaired) electrons. The standard InChI is InChI=1S/C22H22N6/c1-2-4-20-19(3-1)22(26-24-20)21-13-28(27-25-21)18-9-5-14(6-10-18)15-11-16-7-8-17(12-15)23-16/h1-6,9-10,13,15-17,23H,7-8,11-12H2,(H,24,26)/t15?,16-,17+. The summed E-state index contributed by atoms with van der Waals surface area (Å²) in [6, 6.07) is 18.3. The zero-order valence-corrected chi connectivity index (χ0v) is 15.5. The first-order chi connectivity index (χ1) is 13.8. The first kappa shape index (κ1) is 16.0. The molecule has 2 N–H and O–H groups in total. The van der Waals surface area contributed by atoms with E-state index in [1.54, 1.807) is 0 Å². The van der Waals surface area contributed by atoms with Crippen LogP contribution >= 0.6 is 0 Å². The molecule has 140 valence electrons. The summed E-state index contributed by atoms with van der Waals surface area (Å²) in [5.74, 6) is 0.675. The van der Waals surface area contributed by atoms with Gasteiger partial charge >= 0.3 is 0 Å². The molecule has 2 saturated heterocycles. The first-order valence-electron chi connectivity index (χ1n) is 10.1. The van der Waals surface area contributed by atoms with Crippen molar-refractivity contribution < 1.29 is 0 Å². The molecular formula is C22H22N6. The number of rotatable bonds is 3. The number of benzene rings is 2. The van der Waals surface area contributed by atoms with Gasteiger partial charge in [0.05, 0.1) is 17.4 Å². The Labute approximate surface area is 163 Å². The number of fused-ring (bicyclic) bond motifs is 3. The predicted molar refractivity (Wildman–Crippen MR) is 108 cm³/mol. The van der Waals surface area contributed by atoms with Crippen LogP contribution in [0.4, 0.5) is 0 Å². The van der Waals surface area contributed by atoms with E-state index in [4.69, 9.17) is 0 Å². The highest BCUT2D eigenvalue weighted by Gasteiger charge is 2.33. The second-order valence-corrected chi connectivity index (χ2v) is 8.06. The summed E-state index contributed by atoms with van der Waals surface area (Å²) in [5, 5.41) is 20.9. The van der Waals surface area contributed by atoms with Crippen LogP contribution in [0.1, 0.15) is 37.2 Å². The van der Waals surface area contributed by atoms with E-state index in [2.05, 4.69) is 50.1 Å². The minimum absolute atomic E-state index is 0.675. The Morgan fingerprint density at radius 1 is 0.929 bits per heavy atom. The molecule has 4 heterocycles. The van der Waals surface area contributed by atoms with E-state index >= 15 is 0 Å². The van der Waals surface area contributed by atoms with Gasteiger partial charge < -0.3 is 5.32 Å². The number of piperidine rings is 1. The van der Waals surface area contributed by atoms with E-state index in [9.17, 15) is 0 Å². The first-order valence-corrected chi connectivity index (χ1v) is 10.1. The van der Waals surface area contributed by atoms with Gasteiger partial charge in [-0.1, -0.05) is 35.5 Å². The fraction of sp³-hybridized carbons (Fsp3) is 0.318. The van der Waals surface area contributed by atoms with Gasteiger partial charge in [-0.25, -0.2) is 4.68 Å². The van der Waals surface area contributed by atoms with Crippen LogP contribution in [-0.2, 0) is 0 Å². The van der Waals surface area contributed by atoms with Gasteiger partial charge in [-0.15, -0.1) is 5.10 Å². The summed E-state index contributed by atoms with van der Waals surface area (Å²) in [4.78, 5) is 0. The molecule has 6 rings (SSSR count). The quantitative estimate of drug-likeness (QED) is 0.575. The molecule has 2 aromatic carbocycles. The lowest BCUT2D eigenvalue weighted by atomic mass is 9.86. The van der Waals surface area contributed by atoms with Crippen LogP contribution in [0.2, 0.25) is 0 Å². The zero-order chi connectivity index (χ0) is 18.5. The van der Waals surface area contributed by atoms with E-state index in [0.29, 0.717) is 18.0 Å². The number of para-hydroxylation sites is 1. The third-order valence-corrected chi connectivity index (χ3v) is 6.31. The molecule has 4 aromatic rings. The lowest BCUT2D eigenvalue weighted by molar-refractivity contribution is 0.363. The third-order valence-electron chi connectivity index (χ3n) is 6.31. The van der Waals surface area contributed by atoms with Crippen molar-refractivity contribution in [3.8, 4) is 17.1 Å². The second-order valence-electron chi connectivity index (χ2n) is 8.06. The maximum atomic E-state index is 4.42. The van der Waals surface area contributed by atoms with Gasteiger partial charge in [-0.2, -0.15) is 5.10 Å². The van der Waals surface area contributed by atoms with Crippen LogP contribution in [-0.4, -0.2) is 37.3 Å². The average molecular weight is 370 g/mol. The van der Waals surface area contributed by atoms with E-state index in [1.807, 2.05) is 35.1 Å². The number of nitrogens with zero attached hydrogens (tertiary/aromatic N) is 4. The van der Waals surface area contributed by atoms with Gasteiger partial charge in [-0.3, -0.25) is 5.10 Å². The highest BCUT2D eigenvalue weighted by molar-refractivity contribution is 5.91. The fourth-order valence-electron chi connectivity index (χ4n) is 4.89. The van der Waals surface area contributed by atoms with Crippen molar-refractivity contribution in [2.45, 2.75) is 43.7 Å². The van der Waals surface area contributed by atoms with Gasteiger partial charge in [0.15, 0.2) is 0 Å². The molecule has 0 amide bonds. The Bertz CT molecular complexity index is 1110. The SMILES string of the molecule is c1ccc2c(-c3cn(-c4ccc(C5C[C@H]6CC[C@@H](C5)N6)cc4)nn3)n[nH]c2c1. The fourth-order valence-corrected chi connectivity index (χ4v) is 4.89. The van der Waals surface area contributed by atoms with Crippen molar-refractivity contribution in [1.29, 1.82) is 0 Å². The van der Waals surface area contributed by atoms with E-state index in [1.165, 1.54) is 31.2 Å². The molecule has 2 aromatic heterocycles. The lowest BCUT2D eigenvalue weighted by Gasteiger charge is -2.29. The summed E-state index contributed by atoms with van der Waals surface area (Å²) < 4.78 is 1.83. The molecule has 1 unspecified atom stereocenters. The predicted octanol–water partition coefficient (Wildman–Crippen LogP) is 3.81. The zero-order valence-electron chi connectivity index (χ0n) is 15.5. The number of nitrogens with one attached hydrogen (secondary N) is 2. The Morgan fingerprint density at radius 2 is 1.71 bits per heavy atom. The molecule has 2 fully saturated rings. The number of hydrogen-bond acceptors (Lipinski definition) is 4. The third kappa shape index (κ3) is 2.64. The summed E-state index contributed by atoms with van der Waals surface area (Å²) in [5.41, 5.74) is 5.09. The Hall–Kier alpha value is -2.99. The average Bonchev–Trinajstić information content (AvgIpc) is 3.46. The number of H-pyrrole nitrogens is 1. The van der Waals surface area contributed by atoms with Crippen molar-refractivity contribution in [3.63, 3.8) is 0 Å². The number of hydrogen-bond donors (Lipinski definition) is 2. The van der Waals surface area contributed by atoms with Gasteiger partial charge in [0.1, 0.15) is 11.4 Å². The lowest BCUT2D eigenvalue weighted by Crippen LogP contribution is -2.37.